The predicted molar refractivity (Wildman–Crippen MR) is 106 cm³/mol. The van der Waals surface area contributed by atoms with Crippen molar-refractivity contribution in [3.8, 4) is 11.5 Å². The Morgan fingerprint density at radius 1 is 1.11 bits per heavy atom. The van der Waals surface area contributed by atoms with Gasteiger partial charge in [0.15, 0.2) is 11.5 Å². The molecule has 1 amide bonds. The Kier molecular flexibility index (Phi) is 6.82. The van der Waals surface area contributed by atoms with Crippen LogP contribution in [0.3, 0.4) is 0 Å². The van der Waals surface area contributed by atoms with Crippen LogP contribution in [-0.2, 0) is 14.8 Å². The highest BCUT2D eigenvalue weighted by atomic mass is 32.2. The maximum Gasteiger partial charge on any atom is 0.240 e. The molecule has 0 spiro atoms. The van der Waals surface area contributed by atoms with Crippen LogP contribution in [0.15, 0.2) is 23.1 Å². The molecule has 1 heterocycles. The van der Waals surface area contributed by atoms with Gasteiger partial charge in [0, 0.05) is 31.6 Å². The van der Waals surface area contributed by atoms with Gasteiger partial charge in [0.1, 0.15) is 0 Å². The van der Waals surface area contributed by atoms with Crippen molar-refractivity contribution in [1.29, 1.82) is 0 Å². The van der Waals surface area contributed by atoms with Crippen molar-refractivity contribution >= 4 is 15.9 Å². The van der Waals surface area contributed by atoms with Gasteiger partial charge in [-0.1, -0.05) is 12.8 Å². The fourth-order valence-corrected chi connectivity index (χ4v) is 5.48. The molecule has 3 rings (SSSR count). The van der Waals surface area contributed by atoms with E-state index in [0.717, 1.165) is 19.4 Å². The summed E-state index contributed by atoms with van der Waals surface area (Å²) in [5.41, 5.74) is 0. The van der Waals surface area contributed by atoms with Crippen molar-refractivity contribution in [3.05, 3.63) is 18.2 Å². The van der Waals surface area contributed by atoms with Crippen molar-refractivity contribution in [2.45, 2.75) is 55.9 Å². The molecule has 1 aliphatic heterocycles. The molecule has 28 heavy (non-hydrogen) atoms. The summed E-state index contributed by atoms with van der Waals surface area (Å²) in [5.74, 6) is 1.47. The van der Waals surface area contributed by atoms with Crippen LogP contribution in [0.5, 0.6) is 11.5 Å². The van der Waals surface area contributed by atoms with E-state index in [-0.39, 0.29) is 23.8 Å². The first kappa shape index (κ1) is 20.9. The van der Waals surface area contributed by atoms with Crippen molar-refractivity contribution in [1.82, 2.24) is 9.62 Å². The smallest absolute Gasteiger partial charge is 0.240 e. The number of benzene rings is 1. The monoisotopic (exact) mass is 410 g/mol. The average Bonchev–Trinajstić information content (AvgIpc) is 3.38. The zero-order valence-electron chi connectivity index (χ0n) is 16.6. The molecule has 8 heteroatoms. The van der Waals surface area contributed by atoms with E-state index in [1.165, 1.54) is 52.0 Å². The minimum atomic E-state index is -3.72. The SMILES string of the molecule is COc1ccc(S(=O)(=O)NCCC(=O)N2CCC[C@H]2C2CCCC2)cc1OC. The molecule has 1 N–H and O–H groups in total. The average molecular weight is 411 g/mol. The van der Waals surface area contributed by atoms with Crippen LogP contribution in [0.1, 0.15) is 44.9 Å². The summed E-state index contributed by atoms with van der Waals surface area (Å²) < 4.78 is 37.9. The lowest BCUT2D eigenvalue weighted by Crippen LogP contribution is -2.40. The third-order valence-electron chi connectivity index (χ3n) is 5.86. The summed E-state index contributed by atoms with van der Waals surface area (Å²) in [6.45, 7) is 0.881. The van der Waals surface area contributed by atoms with Gasteiger partial charge in [-0.3, -0.25) is 4.79 Å². The molecular formula is C20H30N2O5S. The molecule has 1 aromatic rings. The molecule has 0 unspecified atom stereocenters. The fourth-order valence-electron chi connectivity index (χ4n) is 4.44. The molecule has 0 aromatic heterocycles. The Balaban J connectivity index is 1.57. The largest absolute Gasteiger partial charge is 0.493 e. The number of hydrogen-bond acceptors (Lipinski definition) is 5. The third kappa shape index (κ3) is 4.60. The standard InChI is InChI=1S/C20H30N2O5S/c1-26-18-10-9-16(14-19(18)27-2)28(24,25)21-12-11-20(23)22-13-5-8-17(22)15-6-3-4-7-15/h9-10,14-15,17,21H,3-8,11-13H2,1-2H3/t17-/m0/s1. The van der Waals surface area contributed by atoms with Crippen molar-refractivity contribution in [3.63, 3.8) is 0 Å². The highest BCUT2D eigenvalue weighted by Gasteiger charge is 2.35. The van der Waals surface area contributed by atoms with Crippen molar-refractivity contribution in [2.75, 3.05) is 27.3 Å². The van der Waals surface area contributed by atoms with Crippen molar-refractivity contribution in [2.24, 2.45) is 5.92 Å². The molecule has 1 aromatic carbocycles. The second-order valence-corrected chi connectivity index (χ2v) is 9.27. The quantitative estimate of drug-likeness (QED) is 0.712. The number of hydrogen-bond donors (Lipinski definition) is 1. The van der Waals surface area contributed by atoms with E-state index in [0.29, 0.717) is 23.5 Å². The second-order valence-electron chi connectivity index (χ2n) is 7.51. The topological polar surface area (TPSA) is 84.9 Å². The Morgan fingerprint density at radius 3 is 2.50 bits per heavy atom. The summed E-state index contributed by atoms with van der Waals surface area (Å²) in [6, 6.07) is 4.77. The number of ether oxygens (including phenoxy) is 2. The lowest BCUT2D eigenvalue weighted by Gasteiger charge is -2.29. The fraction of sp³-hybridized carbons (Fsp3) is 0.650. The van der Waals surface area contributed by atoms with E-state index >= 15 is 0 Å². The van der Waals surface area contributed by atoms with E-state index in [2.05, 4.69) is 4.72 Å². The molecular weight excluding hydrogens is 380 g/mol. The zero-order valence-corrected chi connectivity index (χ0v) is 17.5. The lowest BCUT2D eigenvalue weighted by atomic mass is 9.96. The van der Waals surface area contributed by atoms with Gasteiger partial charge >= 0.3 is 0 Å². The third-order valence-corrected chi connectivity index (χ3v) is 7.32. The normalized spacial score (nSPS) is 20.5. The number of sulfonamides is 1. The van der Waals surface area contributed by atoms with E-state index in [1.807, 2.05) is 4.90 Å². The molecule has 2 fully saturated rings. The maximum atomic E-state index is 12.7. The molecule has 7 nitrogen and oxygen atoms in total. The lowest BCUT2D eigenvalue weighted by molar-refractivity contribution is -0.132. The van der Waals surface area contributed by atoms with E-state index in [1.54, 1.807) is 6.07 Å². The second kappa shape index (κ2) is 9.13. The number of nitrogens with zero attached hydrogens (tertiary/aromatic N) is 1. The van der Waals surface area contributed by atoms with Crippen LogP contribution >= 0.6 is 0 Å². The summed E-state index contributed by atoms with van der Waals surface area (Å²) in [5, 5.41) is 0. The van der Waals surface area contributed by atoms with Gasteiger partial charge in [0.05, 0.1) is 19.1 Å². The molecule has 1 saturated heterocycles. The zero-order chi connectivity index (χ0) is 20.1. The van der Waals surface area contributed by atoms with Gasteiger partial charge in [-0.05, 0) is 43.7 Å². The van der Waals surface area contributed by atoms with Crippen LogP contribution in [0.25, 0.3) is 0 Å². The van der Waals surface area contributed by atoms with Crippen LogP contribution in [0.4, 0.5) is 0 Å². The number of carbonyl (C=O) groups excluding carboxylic acids is 1. The minimum Gasteiger partial charge on any atom is -0.493 e. The van der Waals surface area contributed by atoms with Gasteiger partial charge in [-0.15, -0.1) is 0 Å². The maximum absolute atomic E-state index is 12.7. The van der Waals surface area contributed by atoms with Gasteiger partial charge < -0.3 is 14.4 Å². The molecule has 0 radical (unpaired) electrons. The number of likely N-dealkylation sites (tertiary alicyclic amines) is 1. The molecule has 2 aliphatic rings. The Morgan fingerprint density at radius 2 is 1.82 bits per heavy atom. The number of nitrogens with one attached hydrogen (secondary N) is 1. The molecule has 0 bridgehead atoms. The van der Waals surface area contributed by atoms with Crippen LogP contribution in [-0.4, -0.2) is 52.6 Å². The van der Waals surface area contributed by atoms with E-state index < -0.39 is 10.0 Å². The van der Waals surface area contributed by atoms with Gasteiger partial charge in [0.25, 0.3) is 0 Å². The first-order valence-corrected chi connectivity index (χ1v) is 11.5. The first-order chi connectivity index (χ1) is 13.5. The Labute approximate surface area is 167 Å². The summed E-state index contributed by atoms with van der Waals surface area (Å²) in [7, 11) is -0.774. The van der Waals surface area contributed by atoms with Crippen LogP contribution < -0.4 is 14.2 Å². The number of methoxy groups -OCH3 is 2. The Hall–Kier alpha value is -1.80. The molecule has 1 aliphatic carbocycles. The number of amides is 1. The van der Waals surface area contributed by atoms with Gasteiger partial charge in [-0.2, -0.15) is 0 Å². The summed E-state index contributed by atoms with van der Waals surface area (Å²) >= 11 is 0. The number of carbonyl (C=O) groups is 1. The highest BCUT2D eigenvalue weighted by molar-refractivity contribution is 7.89. The molecule has 1 saturated carbocycles. The molecule has 1 atom stereocenters. The van der Waals surface area contributed by atoms with E-state index in [4.69, 9.17) is 9.47 Å². The minimum absolute atomic E-state index is 0.0458. The summed E-state index contributed by atoms with van der Waals surface area (Å²) in [6.07, 6.45) is 7.23. The van der Waals surface area contributed by atoms with Crippen molar-refractivity contribution < 1.29 is 22.7 Å². The highest BCUT2D eigenvalue weighted by Crippen LogP contribution is 2.35. The first-order valence-electron chi connectivity index (χ1n) is 9.97. The van der Waals surface area contributed by atoms with Gasteiger partial charge in [-0.25, -0.2) is 13.1 Å². The molecule has 156 valence electrons. The Bertz CT molecular complexity index is 790. The van der Waals surface area contributed by atoms with E-state index in [9.17, 15) is 13.2 Å². The number of rotatable bonds is 8. The predicted octanol–water partition coefficient (Wildman–Crippen LogP) is 2.55. The van der Waals surface area contributed by atoms with Gasteiger partial charge in [0.2, 0.25) is 15.9 Å². The van der Waals surface area contributed by atoms with Crippen LogP contribution in [0.2, 0.25) is 0 Å². The van der Waals surface area contributed by atoms with Crippen LogP contribution in [0, 0.1) is 5.92 Å². The summed E-state index contributed by atoms with van der Waals surface area (Å²) in [4.78, 5) is 14.7.